The third-order valence-electron chi connectivity index (χ3n) is 4.63. The molecule has 0 N–H and O–H groups in total. The van der Waals surface area contributed by atoms with E-state index < -0.39 is 0 Å². The first-order valence-electron chi connectivity index (χ1n) is 6.47. The largest absolute Gasteiger partial charge is 0.343 e. The second-order valence-electron chi connectivity index (χ2n) is 5.83. The molecule has 1 aliphatic heterocycles. The highest BCUT2D eigenvalue weighted by Gasteiger charge is 2.37. The van der Waals surface area contributed by atoms with Gasteiger partial charge >= 0.3 is 0 Å². The van der Waals surface area contributed by atoms with Gasteiger partial charge in [-0.1, -0.05) is 25.5 Å². The van der Waals surface area contributed by atoms with Gasteiger partial charge in [0.25, 0.3) is 0 Å². The van der Waals surface area contributed by atoms with Crippen molar-refractivity contribution in [2.45, 2.75) is 46.5 Å². The quantitative estimate of drug-likeness (QED) is 0.656. The maximum atomic E-state index is 12.1. The third-order valence-corrected chi connectivity index (χ3v) is 4.63. The molecule has 0 aromatic heterocycles. The number of likely N-dealkylation sites (tertiary alicyclic amines) is 1. The molecule has 1 heterocycles. The van der Waals surface area contributed by atoms with Crippen LogP contribution >= 0.6 is 0 Å². The smallest absolute Gasteiger partial charge is 0.222 e. The SMILES string of the molecule is CC1=CCC(CC(=O)N2CCCC2)C1(C)C. The van der Waals surface area contributed by atoms with Crippen molar-refractivity contribution in [3.63, 3.8) is 0 Å². The molecule has 0 radical (unpaired) electrons. The summed E-state index contributed by atoms with van der Waals surface area (Å²) in [5, 5.41) is 0. The highest BCUT2D eigenvalue weighted by molar-refractivity contribution is 5.77. The van der Waals surface area contributed by atoms with E-state index in [0.29, 0.717) is 11.8 Å². The van der Waals surface area contributed by atoms with Crippen LogP contribution in [0.15, 0.2) is 11.6 Å². The van der Waals surface area contributed by atoms with E-state index in [-0.39, 0.29) is 5.41 Å². The Hall–Kier alpha value is -0.790. The molecule has 1 atom stereocenters. The fourth-order valence-corrected chi connectivity index (χ4v) is 2.84. The van der Waals surface area contributed by atoms with Crippen LogP contribution in [0.5, 0.6) is 0 Å². The minimum absolute atomic E-state index is 0.218. The molecule has 90 valence electrons. The summed E-state index contributed by atoms with van der Waals surface area (Å²) in [5.74, 6) is 0.888. The number of amides is 1. The minimum Gasteiger partial charge on any atom is -0.343 e. The van der Waals surface area contributed by atoms with Gasteiger partial charge in [-0.3, -0.25) is 4.79 Å². The molecule has 2 heteroatoms. The second kappa shape index (κ2) is 4.23. The summed E-state index contributed by atoms with van der Waals surface area (Å²) in [5.41, 5.74) is 1.67. The monoisotopic (exact) mass is 221 g/mol. The molecule has 2 aliphatic rings. The van der Waals surface area contributed by atoms with Gasteiger partial charge in [0.2, 0.25) is 5.91 Å². The summed E-state index contributed by atoms with van der Waals surface area (Å²) in [7, 11) is 0. The number of carbonyl (C=O) groups excluding carboxylic acids is 1. The number of carbonyl (C=O) groups is 1. The fourth-order valence-electron chi connectivity index (χ4n) is 2.84. The lowest BCUT2D eigenvalue weighted by atomic mass is 9.76. The lowest BCUT2D eigenvalue weighted by Gasteiger charge is -2.30. The summed E-state index contributed by atoms with van der Waals surface area (Å²) in [6, 6.07) is 0. The van der Waals surface area contributed by atoms with Gasteiger partial charge in [-0.25, -0.2) is 0 Å². The summed E-state index contributed by atoms with van der Waals surface area (Å²) in [6.07, 6.45) is 6.51. The van der Waals surface area contributed by atoms with Crippen molar-refractivity contribution in [1.82, 2.24) is 4.90 Å². The molecule has 1 fully saturated rings. The van der Waals surface area contributed by atoms with Gasteiger partial charge in [-0.2, -0.15) is 0 Å². The summed E-state index contributed by atoms with van der Waals surface area (Å²) < 4.78 is 0. The maximum absolute atomic E-state index is 12.1. The van der Waals surface area contributed by atoms with Crippen molar-refractivity contribution in [3.05, 3.63) is 11.6 Å². The Bertz CT molecular complexity index is 311. The van der Waals surface area contributed by atoms with Crippen molar-refractivity contribution < 1.29 is 4.79 Å². The molecule has 0 aromatic carbocycles. The zero-order valence-electron chi connectivity index (χ0n) is 10.8. The molecule has 2 nitrogen and oxygen atoms in total. The Morgan fingerprint density at radius 2 is 2.06 bits per heavy atom. The Kier molecular flexibility index (Phi) is 3.09. The van der Waals surface area contributed by atoms with Crippen molar-refractivity contribution in [3.8, 4) is 0 Å². The lowest BCUT2D eigenvalue weighted by Crippen LogP contribution is -2.32. The zero-order valence-corrected chi connectivity index (χ0v) is 10.8. The lowest BCUT2D eigenvalue weighted by molar-refractivity contribution is -0.131. The highest BCUT2D eigenvalue weighted by atomic mass is 16.2. The zero-order chi connectivity index (χ0) is 11.8. The van der Waals surface area contributed by atoms with Gasteiger partial charge in [-0.15, -0.1) is 0 Å². The van der Waals surface area contributed by atoms with Crippen LogP contribution in [-0.4, -0.2) is 23.9 Å². The van der Waals surface area contributed by atoms with Crippen LogP contribution in [0.25, 0.3) is 0 Å². The molecule has 0 bridgehead atoms. The topological polar surface area (TPSA) is 20.3 Å². The fraction of sp³-hybridized carbons (Fsp3) is 0.786. The van der Waals surface area contributed by atoms with Crippen LogP contribution in [0.4, 0.5) is 0 Å². The molecule has 1 amide bonds. The normalized spacial score (nSPS) is 28.3. The highest BCUT2D eigenvalue weighted by Crippen LogP contribution is 2.44. The average Bonchev–Trinajstić information content (AvgIpc) is 2.82. The van der Waals surface area contributed by atoms with Crippen LogP contribution < -0.4 is 0 Å². The Morgan fingerprint density at radius 1 is 1.44 bits per heavy atom. The molecule has 0 saturated carbocycles. The van der Waals surface area contributed by atoms with Gasteiger partial charge in [0, 0.05) is 19.5 Å². The minimum atomic E-state index is 0.218. The first-order chi connectivity index (χ1) is 7.51. The van der Waals surface area contributed by atoms with Crippen LogP contribution in [0.2, 0.25) is 0 Å². The molecule has 2 rings (SSSR count). The second-order valence-corrected chi connectivity index (χ2v) is 5.83. The van der Waals surface area contributed by atoms with Crippen LogP contribution in [-0.2, 0) is 4.79 Å². The number of rotatable bonds is 2. The van der Waals surface area contributed by atoms with Gasteiger partial charge in [0.1, 0.15) is 0 Å². The predicted molar refractivity (Wildman–Crippen MR) is 66.1 cm³/mol. The van der Waals surface area contributed by atoms with Gasteiger partial charge in [0.15, 0.2) is 0 Å². The van der Waals surface area contributed by atoms with E-state index in [1.54, 1.807) is 0 Å². The van der Waals surface area contributed by atoms with Gasteiger partial charge < -0.3 is 4.90 Å². The van der Waals surface area contributed by atoms with E-state index in [1.165, 1.54) is 18.4 Å². The van der Waals surface area contributed by atoms with E-state index in [4.69, 9.17) is 0 Å². The average molecular weight is 221 g/mol. The third kappa shape index (κ3) is 2.02. The van der Waals surface area contributed by atoms with Crippen LogP contribution in [0.1, 0.15) is 46.5 Å². The summed E-state index contributed by atoms with van der Waals surface area (Å²) in [4.78, 5) is 14.1. The van der Waals surface area contributed by atoms with Crippen LogP contribution in [0.3, 0.4) is 0 Å². The van der Waals surface area contributed by atoms with E-state index in [2.05, 4.69) is 26.8 Å². The number of allylic oxidation sites excluding steroid dienone is 2. The Balaban J connectivity index is 1.93. The summed E-state index contributed by atoms with van der Waals surface area (Å²) >= 11 is 0. The Labute approximate surface area is 98.7 Å². The molecular weight excluding hydrogens is 198 g/mol. The predicted octanol–water partition coefficient (Wildman–Crippen LogP) is 2.99. The molecule has 1 saturated heterocycles. The number of nitrogens with zero attached hydrogens (tertiary/aromatic N) is 1. The molecule has 16 heavy (non-hydrogen) atoms. The van der Waals surface area contributed by atoms with Crippen molar-refractivity contribution >= 4 is 5.91 Å². The van der Waals surface area contributed by atoms with E-state index in [0.717, 1.165) is 25.9 Å². The van der Waals surface area contributed by atoms with E-state index in [9.17, 15) is 4.79 Å². The Morgan fingerprint density at radius 3 is 2.56 bits per heavy atom. The first-order valence-corrected chi connectivity index (χ1v) is 6.47. The number of hydrogen-bond acceptors (Lipinski definition) is 1. The van der Waals surface area contributed by atoms with Crippen LogP contribution in [0, 0.1) is 11.3 Å². The number of hydrogen-bond donors (Lipinski definition) is 0. The molecular formula is C14H23NO. The van der Waals surface area contributed by atoms with E-state index >= 15 is 0 Å². The van der Waals surface area contributed by atoms with E-state index in [1.807, 2.05) is 4.90 Å². The standard InChI is InChI=1S/C14H23NO/c1-11-6-7-12(14(11,2)3)10-13(16)15-8-4-5-9-15/h6,12H,4-5,7-10H2,1-3H3. The van der Waals surface area contributed by atoms with Gasteiger partial charge in [0.05, 0.1) is 0 Å². The molecule has 1 unspecified atom stereocenters. The molecule has 1 aliphatic carbocycles. The van der Waals surface area contributed by atoms with Crippen molar-refractivity contribution in [2.24, 2.45) is 11.3 Å². The first kappa shape index (κ1) is 11.7. The van der Waals surface area contributed by atoms with Gasteiger partial charge in [-0.05, 0) is 37.5 Å². The van der Waals surface area contributed by atoms with Crippen molar-refractivity contribution in [2.75, 3.05) is 13.1 Å². The molecule has 0 spiro atoms. The summed E-state index contributed by atoms with van der Waals surface area (Å²) in [6.45, 7) is 8.71. The molecule has 0 aromatic rings. The maximum Gasteiger partial charge on any atom is 0.222 e. The van der Waals surface area contributed by atoms with Crippen molar-refractivity contribution in [1.29, 1.82) is 0 Å².